The summed E-state index contributed by atoms with van der Waals surface area (Å²) in [6, 6.07) is 16.4. The SMILES string of the molecule is CCCCN(C(=O)Nc1c(C)cc[n+]([O-])c1C)C1CCN(Cc2ccc(Oc3ccc(NS(C)(=O)=O)cc3)cc2)CC1.Cl. The van der Waals surface area contributed by atoms with Crippen LogP contribution in [0.3, 0.4) is 0 Å². The van der Waals surface area contributed by atoms with Crippen molar-refractivity contribution in [1.82, 2.24) is 9.80 Å². The van der Waals surface area contributed by atoms with Crippen molar-refractivity contribution in [2.24, 2.45) is 0 Å². The molecule has 3 aromatic rings. The molecule has 43 heavy (non-hydrogen) atoms. The summed E-state index contributed by atoms with van der Waals surface area (Å²) in [5, 5.41) is 15.1. The standard InChI is InChI=1S/C31H41N5O5S.ClH/c1-5-6-18-35(31(37)32-30-23(2)15-21-36(38)24(30)3)27-16-19-34(20-17-27)22-25-7-11-28(12-8-25)41-29-13-9-26(10-14-29)33-42(4,39)40;/h7-15,21,27,33H,5-6,16-20,22H2,1-4H3,(H,32,37);1H. The summed E-state index contributed by atoms with van der Waals surface area (Å²) >= 11 is 0. The van der Waals surface area contributed by atoms with E-state index in [4.69, 9.17) is 4.74 Å². The Morgan fingerprint density at radius 2 is 1.65 bits per heavy atom. The molecule has 0 radical (unpaired) electrons. The fraction of sp³-hybridized carbons (Fsp3) is 0.419. The maximum absolute atomic E-state index is 13.4. The van der Waals surface area contributed by atoms with Gasteiger partial charge in [0.1, 0.15) is 17.2 Å². The highest BCUT2D eigenvalue weighted by Crippen LogP contribution is 2.26. The molecule has 0 bridgehead atoms. The lowest BCUT2D eigenvalue weighted by molar-refractivity contribution is -0.611. The van der Waals surface area contributed by atoms with E-state index in [1.807, 2.05) is 24.0 Å². The fourth-order valence-corrected chi connectivity index (χ4v) is 5.73. The number of halogens is 1. The molecule has 0 unspecified atom stereocenters. The molecule has 1 aliphatic rings. The minimum absolute atomic E-state index is 0. The zero-order valence-corrected chi connectivity index (χ0v) is 26.8. The number of pyridine rings is 1. The predicted octanol–water partition coefficient (Wildman–Crippen LogP) is 5.82. The van der Waals surface area contributed by atoms with Gasteiger partial charge in [-0.05, 0) is 73.7 Å². The first-order valence-electron chi connectivity index (χ1n) is 14.4. The Hall–Kier alpha value is -3.54. The maximum Gasteiger partial charge on any atom is 0.322 e. The van der Waals surface area contributed by atoms with Gasteiger partial charge in [0.2, 0.25) is 15.7 Å². The number of carbonyl (C=O) groups excluding carboxylic acids is 1. The second kappa shape index (κ2) is 15.3. The smallest absolute Gasteiger partial charge is 0.322 e. The van der Waals surface area contributed by atoms with Crippen molar-refractivity contribution in [3.8, 4) is 11.5 Å². The molecule has 0 saturated carbocycles. The van der Waals surface area contributed by atoms with Gasteiger partial charge in [-0.15, -0.1) is 12.4 Å². The molecule has 2 N–H and O–H groups in total. The molecule has 0 aliphatic carbocycles. The van der Waals surface area contributed by atoms with Crippen molar-refractivity contribution in [2.45, 2.75) is 59.0 Å². The second-order valence-electron chi connectivity index (χ2n) is 10.9. The first kappa shape index (κ1) is 34.0. The summed E-state index contributed by atoms with van der Waals surface area (Å²) in [6.07, 6.45) is 6.28. The number of aromatic nitrogens is 1. The number of hydrogen-bond donors (Lipinski definition) is 2. The summed E-state index contributed by atoms with van der Waals surface area (Å²) in [5.74, 6) is 1.32. The number of urea groups is 1. The van der Waals surface area contributed by atoms with Gasteiger partial charge in [0.25, 0.3) is 0 Å². The average molecular weight is 632 g/mol. The normalized spacial score (nSPS) is 14.0. The Morgan fingerprint density at radius 3 is 2.23 bits per heavy atom. The Bertz CT molecular complexity index is 1460. The van der Waals surface area contributed by atoms with E-state index in [0.717, 1.165) is 61.9 Å². The summed E-state index contributed by atoms with van der Waals surface area (Å²) < 4.78 is 31.9. The van der Waals surface area contributed by atoms with Crippen molar-refractivity contribution >= 4 is 39.8 Å². The number of nitrogens with zero attached hydrogens (tertiary/aromatic N) is 3. The van der Waals surface area contributed by atoms with E-state index in [0.29, 0.717) is 35.1 Å². The molecule has 0 spiro atoms. The third-order valence-corrected chi connectivity index (χ3v) is 8.12. The first-order valence-corrected chi connectivity index (χ1v) is 16.3. The van der Waals surface area contributed by atoms with Crippen LogP contribution >= 0.6 is 12.4 Å². The van der Waals surface area contributed by atoms with Crippen molar-refractivity contribution < 1.29 is 22.7 Å². The molecule has 1 aromatic heterocycles. The molecule has 10 nitrogen and oxygen atoms in total. The molecular weight excluding hydrogens is 590 g/mol. The monoisotopic (exact) mass is 631 g/mol. The van der Waals surface area contributed by atoms with Crippen molar-refractivity contribution in [1.29, 1.82) is 0 Å². The van der Waals surface area contributed by atoms with E-state index < -0.39 is 10.0 Å². The van der Waals surface area contributed by atoms with E-state index in [9.17, 15) is 18.4 Å². The number of amides is 2. The number of anilines is 2. The maximum atomic E-state index is 13.4. The van der Waals surface area contributed by atoms with Crippen LogP contribution in [0.2, 0.25) is 0 Å². The minimum Gasteiger partial charge on any atom is -0.618 e. The summed E-state index contributed by atoms with van der Waals surface area (Å²) in [4.78, 5) is 17.8. The number of piperidine rings is 1. The first-order chi connectivity index (χ1) is 20.0. The van der Waals surface area contributed by atoms with Crippen LogP contribution in [-0.4, -0.2) is 56.2 Å². The molecule has 0 atom stereocenters. The van der Waals surface area contributed by atoms with Gasteiger partial charge >= 0.3 is 6.03 Å². The number of likely N-dealkylation sites (tertiary alicyclic amines) is 1. The number of rotatable bonds is 11. The number of hydrogen-bond acceptors (Lipinski definition) is 6. The number of nitrogens with one attached hydrogen (secondary N) is 2. The van der Waals surface area contributed by atoms with Crippen molar-refractivity contribution in [2.75, 3.05) is 35.9 Å². The van der Waals surface area contributed by atoms with E-state index >= 15 is 0 Å². The minimum atomic E-state index is -3.32. The van der Waals surface area contributed by atoms with E-state index in [2.05, 4.69) is 34.0 Å². The number of unbranched alkanes of at least 4 members (excludes halogenated alkanes) is 1. The number of aryl methyl sites for hydroxylation is 1. The van der Waals surface area contributed by atoms with Crippen LogP contribution in [0.4, 0.5) is 16.2 Å². The summed E-state index contributed by atoms with van der Waals surface area (Å²) in [7, 11) is -3.32. The lowest BCUT2D eigenvalue weighted by Gasteiger charge is -2.38. The highest BCUT2D eigenvalue weighted by Gasteiger charge is 2.29. The van der Waals surface area contributed by atoms with Gasteiger partial charge in [-0.3, -0.25) is 9.62 Å². The van der Waals surface area contributed by atoms with E-state index in [1.165, 1.54) is 11.8 Å². The van der Waals surface area contributed by atoms with E-state index in [1.54, 1.807) is 37.3 Å². The lowest BCUT2D eigenvalue weighted by atomic mass is 10.0. The molecule has 2 aromatic carbocycles. The molecule has 1 fully saturated rings. The van der Waals surface area contributed by atoms with Crippen LogP contribution in [0, 0.1) is 19.1 Å². The quantitative estimate of drug-likeness (QED) is 0.203. The Kier molecular flexibility index (Phi) is 12.1. The van der Waals surface area contributed by atoms with Gasteiger partial charge < -0.3 is 20.2 Å². The van der Waals surface area contributed by atoms with E-state index in [-0.39, 0.29) is 24.5 Å². The molecule has 2 heterocycles. The highest BCUT2D eigenvalue weighted by molar-refractivity contribution is 7.92. The Morgan fingerprint density at radius 1 is 1.05 bits per heavy atom. The van der Waals surface area contributed by atoms with Crippen LogP contribution in [0.5, 0.6) is 11.5 Å². The highest BCUT2D eigenvalue weighted by atomic mass is 35.5. The van der Waals surface area contributed by atoms with Gasteiger partial charge in [0, 0.05) is 50.9 Å². The molecule has 1 saturated heterocycles. The largest absolute Gasteiger partial charge is 0.618 e. The van der Waals surface area contributed by atoms with Crippen LogP contribution in [0.25, 0.3) is 0 Å². The topological polar surface area (TPSA) is 118 Å². The van der Waals surface area contributed by atoms with Crippen LogP contribution in [0.15, 0.2) is 60.8 Å². The second-order valence-corrected chi connectivity index (χ2v) is 12.7. The van der Waals surface area contributed by atoms with Crippen molar-refractivity contribution in [3.63, 3.8) is 0 Å². The Balaban J connectivity index is 0.00000506. The summed E-state index contributed by atoms with van der Waals surface area (Å²) in [5.41, 5.74) is 3.61. The van der Waals surface area contributed by atoms with Gasteiger partial charge in [-0.2, -0.15) is 4.73 Å². The number of carbonyl (C=O) groups is 1. The Labute approximate surface area is 261 Å². The molecule has 234 valence electrons. The lowest BCUT2D eigenvalue weighted by Crippen LogP contribution is -2.49. The molecule has 12 heteroatoms. The molecule has 1 aliphatic heterocycles. The van der Waals surface area contributed by atoms with Crippen LogP contribution in [-0.2, 0) is 16.6 Å². The average Bonchev–Trinajstić information content (AvgIpc) is 2.95. The number of ether oxygens (including phenoxy) is 1. The zero-order valence-electron chi connectivity index (χ0n) is 25.2. The number of sulfonamides is 1. The molecule has 4 rings (SSSR count). The predicted molar refractivity (Wildman–Crippen MR) is 172 cm³/mol. The zero-order chi connectivity index (χ0) is 30.3. The fourth-order valence-electron chi connectivity index (χ4n) is 5.17. The molecule has 2 amide bonds. The van der Waals surface area contributed by atoms with Gasteiger partial charge in [0.05, 0.1) is 6.26 Å². The van der Waals surface area contributed by atoms with Crippen LogP contribution in [0.1, 0.15) is 49.4 Å². The third kappa shape index (κ3) is 9.74. The summed E-state index contributed by atoms with van der Waals surface area (Å²) in [6.45, 7) is 9.01. The van der Waals surface area contributed by atoms with Gasteiger partial charge in [-0.1, -0.05) is 25.5 Å². The van der Waals surface area contributed by atoms with Gasteiger partial charge in [-0.25, -0.2) is 13.2 Å². The third-order valence-electron chi connectivity index (χ3n) is 7.51. The van der Waals surface area contributed by atoms with Gasteiger partial charge in [0.15, 0.2) is 6.20 Å². The van der Waals surface area contributed by atoms with Crippen molar-refractivity contribution in [3.05, 3.63) is 82.8 Å². The number of benzene rings is 2. The molecular formula is C31H42ClN5O5S. The van der Waals surface area contributed by atoms with Crippen LogP contribution < -0.4 is 19.5 Å².